The first-order valence-corrected chi connectivity index (χ1v) is 3.88. The van der Waals surface area contributed by atoms with E-state index in [9.17, 15) is 4.79 Å². The molecule has 0 radical (unpaired) electrons. The van der Waals surface area contributed by atoms with Gasteiger partial charge in [0.05, 0.1) is 0 Å². The van der Waals surface area contributed by atoms with Gasteiger partial charge in [0.1, 0.15) is 0 Å². The minimum Gasteiger partial charge on any atom is -1.00 e. The molecule has 0 rings (SSSR count). The number of carbonyl (C=O) groups is 1. The third-order valence-electron chi connectivity index (χ3n) is 0.333. The van der Waals surface area contributed by atoms with Crippen molar-refractivity contribution in [1.82, 2.24) is 0 Å². The summed E-state index contributed by atoms with van der Waals surface area (Å²) in [6, 6.07) is 0. The standard InChI is InChI=1S/C3H6OS2.Na.H/c1-5-3(4)6-2;;/h1-2H3;;/q;+1;-1. The number of hydrogen-bond donors (Lipinski definition) is 0. The molecular weight excluding hydrogens is 139 g/mol. The summed E-state index contributed by atoms with van der Waals surface area (Å²) in [5.41, 5.74) is 0. The van der Waals surface area contributed by atoms with Crippen LogP contribution in [0.25, 0.3) is 0 Å². The average Bonchev–Trinajstić information content (AvgIpc) is 1.65. The molecule has 0 bridgehead atoms. The van der Waals surface area contributed by atoms with Crippen LogP contribution in [0.2, 0.25) is 0 Å². The first-order valence-electron chi connectivity index (χ1n) is 1.43. The Balaban J connectivity index is -0.000000125. The molecule has 4 heteroatoms. The zero-order valence-corrected chi connectivity index (χ0v) is 8.36. The normalized spacial score (nSPS) is 7.14. The van der Waals surface area contributed by atoms with Gasteiger partial charge < -0.3 is 1.43 Å². The Labute approximate surface area is 75.8 Å². The Morgan fingerprint density at radius 2 is 1.71 bits per heavy atom. The first-order chi connectivity index (χ1) is 2.81. The second-order valence-electron chi connectivity index (χ2n) is 0.658. The van der Waals surface area contributed by atoms with Crippen molar-refractivity contribution in [2.45, 2.75) is 0 Å². The molecule has 0 aromatic heterocycles. The predicted molar refractivity (Wildman–Crippen MR) is 33.5 cm³/mol. The quantitative estimate of drug-likeness (QED) is 0.406. The fourth-order valence-electron chi connectivity index (χ4n) is 0.0833. The predicted octanol–water partition coefficient (Wildman–Crippen LogP) is -1.05. The van der Waals surface area contributed by atoms with Crippen molar-refractivity contribution in [3.63, 3.8) is 0 Å². The maximum Gasteiger partial charge on any atom is 1.00 e. The fraction of sp³-hybridized carbons (Fsp3) is 0.667. The minimum atomic E-state index is 0. The maximum atomic E-state index is 10.1. The van der Waals surface area contributed by atoms with E-state index in [1.165, 1.54) is 23.5 Å². The van der Waals surface area contributed by atoms with Crippen LogP contribution in [0.3, 0.4) is 0 Å². The van der Waals surface area contributed by atoms with Gasteiger partial charge in [0.2, 0.25) is 4.45 Å². The van der Waals surface area contributed by atoms with Gasteiger partial charge in [-0.15, -0.1) is 0 Å². The van der Waals surface area contributed by atoms with Gasteiger partial charge in [-0.05, 0) is 12.5 Å². The molecule has 0 unspecified atom stereocenters. The van der Waals surface area contributed by atoms with Gasteiger partial charge in [-0.2, -0.15) is 0 Å². The van der Waals surface area contributed by atoms with E-state index in [4.69, 9.17) is 0 Å². The summed E-state index contributed by atoms with van der Waals surface area (Å²) < 4.78 is 0.176. The van der Waals surface area contributed by atoms with E-state index in [1.54, 1.807) is 12.5 Å². The molecule has 0 saturated carbocycles. The van der Waals surface area contributed by atoms with Crippen LogP contribution >= 0.6 is 23.5 Å². The summed E-state index contributed by atoms with van der Waals surface area (Å²) in [7, 11) is 0. The monoisotopic (exact) mass is 146 g/mol. The van der Waals surface area contributed by atoms with Gasteiger partial charge in [-0.25, -0.2) is 0 Å². The topological polar surface area (TPSA) is 17.1 Å². The fourth-order valence-corrected chi connectivity index (χ4v) is 0.750. The third-order valence-corrected chi connectivity index (χ3v) is 2.00. The molecule has 0 amide bonds. The summed E-state index contributed by atoms with van der Waals surface area (Å²) in [4.78, 5) is 10.1. The molecule has 0 aromatic carbocycles. The van der Waals surface area contributed by atoms with Crippen LogP contribution in [0, 0.1) is 0 Å². The van der Waals surface area contributed by atoms with Gasteiger partial charge in [0.15, 0.2) is 0 Å². The van der Waals surface area contributed by atoms with Crippen molar-refractivity contribution in [2.24, 2.45) is 0 Å². The molecule has 0 spiro atoms. The zero-order chi connectivity index (χ0) is 4.99. The second kappa shape index (κ2) is 7.37. The van der Waals surface area contributed by atoms with E-state index < -0.39 is 0 Å². The van der Waals surface area contributed by atoms with Gasteiger partial charge in [-0.1, -0.05) is 23.5 Å². The third kappa shape index (κ3) is 7.37. The van der Waals surface area contributed by atoms with Gasteiger partial charge in [0.25, 0.3) is 0 Å². The molecule has 0 saturated heterocycles. The van der Waals surface area contributed by atoms with Crippen LogP contribution < -0.4 is 29.6 Å². The Bertz CT molecular complexity index is 55.2. The number of carbonyl (C=O) groups excluding carboxylic acids is 1. The SMILES string of the molecule is CSC(=O)SC.[H-].[Na+]. The van der Waals surface area contributed by atoms with Crippen molar-refractivity contribution in [1.29, 1.82) is 0 Å². The van der Waals surface area contributed by atoms with E-state index in [0.717, 1.165) is 0 Å². The Morgan fingerprint density at radius 3 is 1.71 bits per heavy atom. The van der Waals surface area contributed by atoms with E-state index in [-0.39, 0.29) is 35.4 Å². The smallest absolute Gasteiger partial charge is 1.00 e. The van der Waals surface area contributed by atoms with E-state index in [2.05, 4.69) is 0 Å². The number of thioether (sulfide) groups is 2. The second-order valence-corrected chi connectivity index (χ2v) is 2.47. The number of rotatable bonds is 0. The van der Waals surface area contributed by atoms with Gasteiger partial charge in [0, 0.05) is 0 Å². The van der Waals surface area contributed by atoms with Crippen LogP contribution in [0.5, 0.6) is 0 Å². The largest absolute Gasteiger partial charge is 1.00 e. The van der Waals surface area contributed by atoms with Crippen LogP contribution in [0.15, 0.2) is 0 Å². The van der Waals surface area contributed by atoms with Crippen LogP contribution in [0.4, 0.5) is 4.79 Å². The van der Waals surface area contributed by atoms with Crippen molar-refractivity contribution in [2.75, 3.05) is 12.5 Å². The van der Waals surface area contributed by atoms with Crippen molar-refractivity contribution < 1.29 is 35.8 Å². The van der Waals surface area contributed by atoms with Crippen LogP contribution in [-0.4, -0.2) is 17.0 Å². The van der Waals surface area contributed by atoms with E-state index in [1.807, 2.05) is 0 Å². The Morgan fingerprint density at radius 1 is 1.43 bits per heavy atom. The maximum absolute atomic E-state index is 10.1. The molecule has 0 heterocycles. The van der Waals surface area contributed by atoms with E-state index in [0.29, 0.717) is 0 Å². The van der Waals surface area contributed by atoms with Crippen LogP contribution in [-0.2, 0) is 0 Å². The summed E-state index contributed by atoms with van der Waals surface area (Å²) in [5.74, 6) is 0. The first kappa shape index (κ1) is 11.2. The summed E-state index contributed by atoms with van der Waals surface area (Å²) >= 11 is 2.50. The molecule has 0 aliphatic heterocycles. The molecule has 38 valence electrons. The van der Waals surface area contributed by atoms with Crippen molar-refractivity contribution in [3.05, 3.63) is 0 Å². The molecule has 0 aliphatic carbocycles. The molecule has 0 N–H and O–H groups in total. The van der Waals surface area contributed by atoms with Gasteiger partial charge in [-0.3, -0.25) is 4.79 Å². The average molecular weight is 146 g/mol. The molecular formula is C3H7NaOS2. The molecule has 0 aromatic rings. The summed E-state index contributed by atoms with van der Waals surface area (Å²) in [6.45, 7) is 0. The molecule has 1 nitrogen and oxygen atoms in total. The molecule has 0 aliphatic rings. The summed E-state index contributed by atoms with van der Waals surface area (Å²) in [6.07, 6.45) is 3.55. The zero-order valence-electron chi connectivity index (χ0n) is 5.72. The molecule has 7 heavy (non-hydrogen) atoms. The minimum absolute atomic E-state index is 0. The summed E-state index contributed by atoms with van der Waals surface area (Å²) in [5, 5.41) is 0. The van der Waals surface area contributed by atoms with Crippen LogP contribution in [0.1, 0.15) is 1.43 Å². The Kier molecular flexibility index (Phi) is 11.8. The number of hydrogen-bond acceptors (Lipinski definition) is 3. The van der Waals surface area contributed by atoms with Gasteiger partial charge >= 0.3 is 29.6 Å². The van der Waals surface area contributed by atoms with Crippen molar-refractivity contribution >= 4 is 28.0 Å². The Hall–Kier alpha value is 1.37. The molecule has 0 fully saturated rings. The van der Waals surface area contributed by atoms with Crippen molar-refractivity contribution in [3.8, 4) is 0 Å². The van der Waals surface area contributed by atoms with E-state index >= 15 is 0 Å². The molecule has 0 atom stereocenters.